The first-order chi connectivity index (χ1) is 8.67. The molecule has 0 aliphatic rings. The highest BCUT2D eigenvalue weighted by atomic mass is 16.3. The fourth-order valence-corrected chi connectivity index (χ4v) is 2.21. The molecule has 0 atom stereocenters. The molecule has 2 aromatic carbocycles. The van der Waals surface area contributed by atoms with Crippen LogP contribution in [0.1, 0.15) is 25.0 Å². The lowest BCUT2D eigenvalue weighted by Crippen LogP contribution is -1.91. The Hall–Kier alpha value is -1.96. The summed E-state index contributed by atoms with van der Waals surface area (Å²) in [6.07, 6.45) is 1.86. The van der Waals surface area contributed by atoms with Gasteiger partial charge in [-0.15, -0.1) is 0 Å². The van der Waals surface area contributed by atoms with Crippen LogP contribution < -0.4 is 0 Å². The highest BCUT2D eigenvalue weighted by Crippen LogP contribution is 2.39. The summed E-state index contributed by atoms with van der Waals surface area (Å²) >= 11 is 0. The van der Waals surface area contributed by atoms with Gasteiger partial charge in [0.05, 0.1) is 5.56 Å². The molecule has 0 amide bonds. The van der Waals surface area contributed by atoms with Crippen molar-refractivity contribution in [3.05, 3.63) is 47.5 Å². The van der Waals surface area contributed by atoms with E-state index in [0.29, 0.717) is 5.56 Å². The van der Waals surface area contributed by atoms with Gasteiger partial charge in [-0.25, -0.2) is 0 Å². The molecular weight excluding hydrogens is 224 g/mol. The summed E-state index contributed by atoms with van der Waals surface area (Å²) in [5.74, 6) is 0.239. The van der Waals surface area contributed by atoms with Gasteiger partial charge in [0.1, 0.15) is 11.5 Å². The zero-order chi connectivity index (χ0) is 13.1. The number of benzene rings is 2. The lowest BCUT2D eigenvalue weighted by molar-refractivity contribution is 0.454. The van der Waals surface area contributed by atoms with Gasteiger partial charge in [-0.1, -0.05) is 38.1 Å². The smallest absolute Gasteiger partial charge is 0.127 e. The zero-order valence-electron chi connectivity index (χ0n) is 10.8. The molecule has 0 aromatic heterocycles. The van der Waals surface area contributed by atoms with Crippen molar-refractivity contribution in [3.63, 3.8) is 0 Å². The van der Waals surface area contributed by atoms with E-state index in [9.17, 15) is 10.2 Å². The van der Waals surface area contributed by atoms with Crippen LogP contribution in [0.5, 0.6) is 11.5 Å². The second-order valence-electron chi connectivity index (χ2n) is 4.37. The van der Waals surface area contributed by atoms with Gasteiger partial charge in [-0.2, -0.15) is 0 Å². The SMILES string of the molecule is CCc1ccc(-c2c(O)cccc2O)c(CC)c1. The van der Waals surface area contributed by atoms with Gasteiger partial charge in [0, 0.05) is 0 Å². The van der Waals surface area contributed by atoms with Crippen molar-refractivity contribution in [3.8, 4) is 22.6 Å². The molecule has 2 N–H and O–H groups in total. The lowest BCUT2D eigenvalue weighted by atomic mass is 9.94. The van der Waals surface area contributed by atoms with Crippen molar-refractivity contribution in [1.82, 2.24) is 0 Å². The third kappa shape index (κ3) is 2.19. The Morgan fingerprint density at radius 3 is 2.11 bits per heavy atom. The minimum absolute atomic E-state index is 0.119. The number of aromatic hydroxyl groups is 2. The van der Waals surface area contributed by atoms with Gasteiger partial charge in [-0.3, -0.25) is 0 Å². The van der Waals surface area contributed by atoms with Gasteiger partial charge < -0.3 is 10.2 Å². The standard InChI is InChI=1S/C16H18O2/c1-3-11-8-9-13(12(4-2)10-11)16-14(17)6-5-7-15(16)18/h5-10,17-18H,3-4H2,1-2H3. The van der Waals surface area contributed by atoms with Crippen molar-refractivity contribution in [2.24, 2.45) is 0 Å². The van der Waals surface area contributed by atoms with Gasteiger partial charge in [0.15, 0.2) is 0 Å². The molecule has 18 heavy (non-hydrogen) atoms. The van der Waals surface area contributed by atoms with E-state index in [-0.39, 0.29) is 11.5 Å². The Labute approximate surface area is 108 Å². The quantitative estimate of drug-likeness (QED) is 0.857. The Morgan fingerprint density at radius 2 is 1.56 bits per heavy atom. The largest absolute Gasteiger partial charge is 0.507 e. The summed E-state index contributed by atoms with van der Waals surface area (Å²) in [5.41, 5.74) is 3.85. The molecule has 0 saturated heterocycles. The molecule has 2 nitrogen and oxygen atoms in total. The van der Waals surface area contributed by atoms with Gasteiger partial charge in [0.2, 0.25) is 0 Å². The lowest BCUT2D eigenvalue weighted by Gasteiger charge is -2.13. The topological polar surface area (TPSA) is 40.5 Å². The van der Waals surface area contributed by atoms with Crippen molar-refractivity contribution in [2.45, 2.75) is 26.7 Å². The van der Waals surface area contributed by atoms with Crippen molar-refractivity contribution < 1.29 is 10.2 Å². The van der Waals surface area contributed by atoms with Crippen LogP contribution in [0.4, 0.5) is 0 Å². The third-order valence-corrected chi connectivity index (χ3v) is 3.25. The van der Waals surface area contributed by atoms with Crippen molar-refractivity contribution >= 4 is 0 Å². The highest BCUT2D eigenvalue weighted by molar-refractivity contribution is 5.78. The average molecular weight is 242 g/mol. The van der Waals surface area contributed by atoms with Crippen LogP contribution in [0.15, 0.2) is 36.4 Å². The fraction of sp³-hybridized carbons (Fsp3) is 0.250. The molecule has 0 fully saturated rings. The molecular formula is C16H18O2. The van der Waals surface area contributed by atoms with E-state index in [1.807, 2.05) is 12.1 Å². The van der Waals surface area contributed by atoms with Crippen LogP contribution in [0.3, 0.4) is 0 Å². The first-order valence-electron chi connectivity index (χ1n) is 6.30. The Bertz CT molecular complexity index is 539. The maximum absolute atomic E-state index is 9.93. The first-order valence-corrected chi connectivity index (χ1v) is 6.30. The summed E-state index contributed by atoms with van der Waals surface area (Å²) in [6, 6.07) is 11.0. The highest BCUT2D eigenvalue weighted by Gasteiger charge is 2.13. The maximum Gasteiger partial charge on any atom is 0.127 e. The fourth-order valence-electron chi connectivity index (χ4n) is 2.21. The number of aryl methyl sites for hydroxylation is 2. The van der Waals surface area contributed by atoms with Gasteiger partial charge >= 0.3 is 0 Å². The molecule has 0 bridgehead atoms. The van der Waals surface area contributed by atoms with E-state index in [0.717, 1.165) is 24.0 Å². The molecule has 0 aliphatic heterocycles. The molecule has 2 rings (SSSR count). The van der Waals surface area contributed by atoms with Crippen LogP contribution in [0.25, 0.3) is 11.1 Å². The maximum atomic E-state index is 9.93. The zero-order valence-corrected chi connectivity index (χ0v) is 10.8. The molecule has 94 valence electrons. The summed E-state index contributed by atoms with van der Waals surface area (Å²) in [6.45, 7) is 4.20. The molecule has 2 heteroatoms. The molecule has 0 aliphatic carbocycles. The van der Waals surface area contributed by atoms with Gasteiger partial charge in [-0.05, 0) is 41.7 Å². The average Bonchev–Trinajstić information content (AvgIpc) is 2.38. The number of hydrogen-bond donors (Lipinski definition) is 2. The number of phenolic OH excluding ortho intramolecular Hbond substituents is 2. The third-order valence-electron chi connectivity index (χ3n) is 3.25. The van der Waals surface area contributed by atoms with Crippen LogP contribution in [-0.4, -0.2) is 10.2 Å². The summed E-state index contributed by atoms with van der Waals surface area (Å²) in [4.78, 5) is 0. The predicted molar refractivity (Wildman–Crippen MR) is 74.0 cm³/mol. The van der Waals surface area contributed by atoms with E-state index < -0.39 is 0 Å². The molecule has 0 radical (unpaired) electrons. The minimum Gasteiger partial charge on any atom is -0.507 e. The number of hydrogen-bond acceptors (Lipinski definition) is 2. The van der Waals surface area contributed by atoms with E-state index in [2.05, 4.69) is 19.9 Å². The first kappa shape index (κ1) is 12.5. The van der Waals surface area contributed by atoms with Crippen LogP contribution in [0, 0.1) is 0 Å². The summed E-state index contributed by atoms with van der Waals surface area (Å²) in [5, 5.41) is 19.9. The Balaban J connectivity index is 2.63. The van der Waals surface area contributed by atoms with Crippen LogP contribution in [-0.2, 0) is 12.8 Å². The second-order valence-corrected chi connectivity index (χ2v) is 4.37. The predicted octanol–water partition coefficient (Wildman–Crippen LogP) is 3.89. The van der Waals surface area contributed by atoms with Gasteiger partial charge in [0.25, 0.3) is 0 Å². The Kier molecular flexibility index (Phi) is 3.56. The molecule has 0 heterocycles. The second kappa shape index (κ2) is 5.13. The molecule has 0 saturated carbocycles. The number of rotatable bonds is 3. The van der Waals surface area contributed by atoms with Crippen molar-refractivity contribution in [2.75, 3.05) is 0 Å². The minimum atomic E-state index is 0.119. The van der Waals surface area contributed by atoms with Crippen LogP contribution in [0.2, 0.25) is 0 Å². The molecule has 0 spiro atoms. The summed E-state index contributed by atoms with van der Waals surface area (Å²) < 4.78 is 0. The van der Waals surface area contributed by atoms with Crippen molar-refractivity contribution in [1.29, 1.82) is 0 Å². The monoisotopic (exact) mass is 242 g/mol. The number of phenols is 2. The molecule has 2 aromatic rings. The van der Waals surface area contributed by atoms with Crippen LogP contribution >= 0.6 is 0 Å². The molecule has 0 unspecified atom stereocenters. The van der Waals surface area contributed by atoms with E-state index in [4.69, 9.17) is 0 Å². The normalized spacial score (nSPS) is 10.6. The summed E-state index contributed by atoms with van der Waals surface area (Å²) in [7, 11) is 0. The van der Waals surface area contributed by atoms with E-state index in [1.54, 1.807) is 18.2 Å². The van der Waals surface area contributed by atoms with E-state index in [1.165, 1.54) is 5.56 Å². The van der Waals surface area contributed by atoms with E-state index >= 15 is 0 Å². The Morgan fingerprint density at radius 1 is 0.889 bits per heavy atom.